The maximum absolute atomic E-state index is 11.2. The number of carbonyl (C=O) groups is 1. The molecule has 0 aromatic carbocycles. The van der Waals surface area contributed by atoms with Gasteiger partial charge in [0, 0.05) is 25.2 Å². The zero-order valence-electron chi connectivity index (χ0n) is 6.42. The molecule has 2 saturated heterocycles. The van der Waals surface area contributed by atoms with Crippen LogP contribution in [0.15, 0.2) is 0 Å². The van der Waals surface area contributed by atoms with Crippen molar-refractivity contribution in [2.24, 2.45) is 5.73 Å². The predicted molar refractivity (Wildman–Crippen MR) is 41.0 cm³/mol. The molecule has 0 aliphatic carbocycles. The number of hydrogen-bond donors (Lipinski definition) is 2. The minimum atomic E-state index is 0.198. The Hall–Kier alpha value is -0.610. The first-order chi connectivity index (χ1) is 5.27. The molecule has 1 amide bonds. The lowest BCUT2D eigenvalue weighted by molar-refractivity contribution is -0.133. The lowest BCUT2D eigenvalue weighted by atomic mass is 10.1. The van der Waals surface area contributed by atoms with Gasteiger partial charge in [0.05, 0.1) is 6.54 Å². The van der Waals surface area contributed by atoms with Crippen molar-refractivity contribution in [3.63, 3.8) is 0 Å². The zero-order valence-corrected chi connectivity index (χ0v) is 6.42. The molecule has 0 bridgehead atoms. The Bertz CT molecular complexity index is 183. The van der Waals surface area contributed by atoms with Crippen molar-refractivity contribution in [3.05, 3.63) is 0 Å². The van der Waals surface area contributed by atoms with Crippen LogP contribution >= 0.6 is 0 Å². The number of amides is 1. The molecule has 0 aromatic rings. The summed E-state index contributed by atoms with van der Waals surface area (Å²) in [6, 6.07) is 0.565. The van der Waals surface area contributed by atoms with E-state index >= 15 is 0 Å². The largest absolute Gasteiger partial charge is 0.336 e. The first kappa shape index (κ1) is 7.06. The minimum absolute atomic E-state index is 0.198. The van der Waals surface area contributed by atoms with E-state index in [4.69, 9.17) is 5.73 Å². The van der Waals surface area contributed by atoms with Gasteiger partial charge in [-0.2, -0.15) is 0 Å². The molecule has 3 N–H and O–H groups in total. The lowest BCUT2D eigenvalue weighted by Gasteiger charge is -2.29. The molecule has 0 saturated carbocycles. The van der Waals surface area contributed by atoms with Crippen LogP contribution in [0.4, 0.5) is 0 Å². The fourth-order valence-electron chi connectivity index (χ4n) is 1.90. The number of piperazine rings is 1. The number of hydrogen-bond acceptors (Lipinski definition) is 3. The summed E-state index contributed by atoms with van der Waals surface area (Å²) < 4.78 is 0. The van der Waals surface area contributed by atoms with E-state index in [1.54, 1.807) is 0 Å². The van der Waals surface area contributed by atoms with Crippen molar-refractivity contribution in [2.75, 3.05) is 19.6 Å². The number of rotatable bonds is 0. The SMILES string of the molecule is N[C@H]1CC2CNCC(=O)N2C1. The summed E-state index contributed by atoms with van der Waals surface area (Å²) >= 11 is 0. The van der Waals surface area contributed by atoms with Crippen LogP contribution in [0.25, 0.3) is 0 Å². The molecule has 2 atom stereocenters. The van der Waals surface area contributed by atoms with Crippen molar-refractivity contribution < 1.29 is 4.79 Å². The van der Waals surface area contributed by atoms with Crippen molar-refractivity contribution >= 4 is 5.91 Å². The fourth-order valence-corrected chi connectivity index (χ4v) is 1.90. The second-order valence-corrected chi connectivity index (χ2v) is 3.33. The van der Waals surface area contributed by atoms with Crippen LogP contribution in [0.5, 0.6) is 0 Å². The predicted octanol–water partition coefficient (Wildman–Crippen LogP) is -1.48. The van der Waals surface area contributed by atoms with Gasteiger partial charge < -0.3 is 16.0 Å². The lowest BCUT2D eigenvalue weighted by Crippen LogP contribution is -2.51. The van der Waals surface area contributed by atoms with Crippen LogP contribution in [0.2, 0.25) is 0 Å². The van der Waals surface area contributed by atoms with E-state index in [0.29, 0.717) is 12.6 Å². The number of nitrogens with one attached hydrogen (secondary N) is 1. The molecular formula is C7H13N3O. The zero-order chi connectivity index (χ0) is 7.84. The Balaban J connectivity index is 2.09. The number of nitrogens with two attached hydrogens (primary N) is 1. The smallest absolute Gasteiger partial charge is 0.236 e. The van der Waals surface area contributed by atoms with E-state index in [-0.39, 0.29) is 11.9 Å². The molecule has 2 heterocycles. The fraction of sp³-hybridized carbons (Fsp3) is 0.857. The Morgan fingerprint density at radius 1 is 1.64 bits per heavy atom. The van der Waals surface area contributed by atoms with E-state index in [1.165, 1.54) is 0 Å². The second-order valence-electron chi connectivity index (χ2n) is 3.33. The molecule has 4 heteroatoms. The van der Waals surface area contributed by atoms with Gasteiger partial charge in [-0.15, -0.1) is 0 Å². The molecule has 0 aromatic heterocycles. The number of nitrogens with zero attached hydrogens (tertiary/aromatic N) is 1. The van der Waals surface area contributed by atoms with E-state index in [1.807, 2.05) is 4.90 Å². The van der Waals surface area contributed by atoms with Gasteiger partial charge in [-0.25, -0.2) is 0 Å². The summed E-state index contributed by atoms with van der Waals surface area (Å²) in [5.41, 5.74) is 5.74. The van der Waals surface area contributed by atoms with Crippen LogP contribution in [0.1, 0.15) is 6.42 Å². The molecule has 0 radical (unpaired) electrons. The first-order valence-corrected chi connectivity index (χ1v) is 4.03. The second kappa shape index (κ2) is 2.46. The number of fused-ring (bicyclic) bond motifs is 1. The van der Waals surface area contributed by atoms with Crippen LogP contribution in [0.3, 0.4) is 0 Å². The normalized spacial score (nSPS) is 37.5. The summed E-state index contributed by atoms with van der Waals surface area (Å²) in [5.74, 6) is 0.203. The van der Waals surface area contributed by atoms with Gasteiger partial charge in [-0.1, -0.05) is 0 Å². The molecule has 2 rings (SSSR count). The molecule has 62 valence electrons. The molecule has 1 unspecified atom stereocenters. The summed E-state index contributed by atoms with van der Waals surface area (Å²) in [6.07, 6.45) is 0.957. The monoisotopic (exact) mass is 155 g/mol. The van der Waals surface area contributed by atoms with Gasteiger partial charge in [0.1, 0.15) is 0 Å². The van der Waals surface area contributed by atoms with Gasteiger partial charge in [-0.05, 0) is 6.42 Å². The van der Waals surface area contributed by atoms with Gasteiger partial charge in [0.2, 0.25) is 5.91 Å². The summed E-state index contributed by atoms with van der Waals surface area (Å²) in [6.45, 7) is 2.16. The summed E-state index contributed by atoms with van der Waals surface area (Å²) in [7, 11) is 0. The Morgan fingerprint density at radius 3 is 3.18 bits per heavy atom. The topological polar surface area (TPSA) is 58.4 Å². The average molecular weight is 155 g/mol. The molecular weight excluding hydrogens is 142 g/mol. The van der Waals surface area contributed by atoms with Crippen LogP contribution in [-0.2, 0) is 4.79 Å². The van der Waals surface area contributed by atoms with Crippen molar-refractivity contribution in [2.45, 2.75) is 18.5 Å². The summed E-state index contributed by atoms with van der Waals surface area (Å²) in [4.78, 5) is 13.1. The highest BCUT2D eigenvalue weighted by Crippen LogP contribution is 2.17. The molecule has 2 fully saturated rings. The molecule has 0 spiro atoms. The quantitative estimate of drug-likeness (QED) is 0.448. The highest BCUT2D eigenvalue weighted by Gasteiger charge is 2.35. The molecule has 2 aliphatic rings. The van der Waals surface area contributed by atoms with E-state index < -0.39 is 0 Å². The first-order valence-electron chi connectivity index (χ1n) is 4.03. The van der Waals surface area contributed by atoms with Gasteiger partial charge in [0.15, 0.2) is 0 Å². The van der Waals surface area contributed by atoms with Crippen molar-refractivity contribution in [1.82, 2.24) is 10.2 Å². The van der Waals surface area contributed by atoms with Gasteiger partial charge in [0.25, 0.3) is 0 Å². The third kappa shape index (κ3) is 1.12. The Morgan fingerprint density at radius 2 is 2.45 bits per heavy atom. The standard InChI is InChI=1S/C7H13N3O/c8-5-1-6-2-9-3-7(11)10(6)4-5/h5-6,9H,1-4,8H2/t5-,6?/m0/s1. The van der Waals surface area contributed by atoms with Gasteiger partial charge in [-0.3, -0.25) is 4.79 Å². The Kier molecular flexibility index (Phi) is 1.58. The number of carbonyl (C=O) groups excluding carboxylic acids is 1. The van der Waals surface area contributed by atoms with E-state index in [2.05, 4.69) is 5.32 Å². The third-order valence-electron chi connectivity index (χ3n) is 2.42. The van der Waals surface area contributed by atoms with E-state index in [9.17, 15) is 4.79 Å². The van der Waals surface area contributed by atoms with Crippen LogP contribution in [0, 0.1) is 0 Å². The van der Waals surface area contributed by atoms with Crippen molar-refractivity contribution in [1.29, 1.82) is 0 Å². The van der Waals surface area contributed by atoms with E-state index in [0.717, 1.165) is 19.5 Å². The highest BCUT2D eigenvalue weighted by molar-refractivity contribution is 5.79. The minimum Gasteiger partial charge on any atom is -0.336 e. The molecule has 11 heavy (non-hydrogen) atoms. The maximum atomic E-state index is 11.2. The third-order valence-corrected chi connectivity index (χ3v) is 2.42. The molecule has 4 nitrogen and oxygen atoms in total. The highest BCUT2D eigenvalue weighted by atomic mass is 16.2. The van der Waals surface area contributed by atoms with Crippen molar-refractivity contribution in [3.8, 4) is 0 Å². The Labute approximate surface area is 65.7 Å². The van der Waals surface area contributed by atoms with Crippen LogP contribution < -0.4 is 11.1 Å². The maximum Gasteiger partial charge on any atom is 0.236 e. The van der Waals surface area contributed by atoms with Gasteiger partial charge >= 0.3 is 0 Å². The van der Waals surface area contributed by atoms with Crippen LogP contribution in [-0.4, -0.2) is 42.5 Å². The molecule has 2 aliphatic heterocycles. The summed E-state index contributed by atoms with van der Waals surface area (Å²) in [5, 5.41) is 3.08. The average Bonchev–Trinajstić information content (AvgIpc) is 2.31.